The van der Waals surface area contributed by atoms with E-state index >= 15 is 0 Å². The van der Waals surface area contributed by atoms with Gasteiger partial charge in [0.25, 0.3) is 0 Å². The fourth-order valence-electron chi connectivity index (χ4n) is 2.39. The zero-order valence-electron chi connectivity index (χ0n) is 13.4. The van der Waals surface area contributed by atoms with Crippen molar-refractivity contribution in [1.82, 2.24) is 5.43 Å². The first-order chi connectivity index (χ1) is 12.5. The molecule has 0 heterocycles. The van der Waals surface area contributed by atoms with E-state index in [1.165, 1.54) is 24.4 Å². The molecule has 7 heteroatoms. The Balaban J connectivity index is 1.66. The number of fused-ring (bicyclic) bond motifs is 1. The molecule has 0 saturated heterocycles. The molecular weight excluding hydrogens is 373 g/mol. The van der Waals surface area contributed by atoms with Gasteiger partial charge in [-0.3, -0.25) is 9.59 Å². The molecule has 0 saturated carbocycles. The zero-order valence-corrected chi connectivity index (χ0v) is 14.9. The van der Waals surface area contributed by atoms with Crippen LogP contribution >= 0.6 is 23.2 Å². The maximum Gasteiger partial charge on any atom is 0.329 e. The van der Waals surface area contributed by atoms with E-state index in [1.54, 1.807) is 0 Å². The number of nitrogens with one attached hydrogen (secondary N) is 2. The third-order valence-corrected chi connectivity index (χ3v) is 3.96. The van der Waals surface area contributed by atoms with Crippen LogP contribution in [0.1, 0.15) is 5.56 Å². The molecule has 0 aliphatic carbocycles. The van der Waals surface area contributed by atoms with Crippen molar-refractivity contribution in [2.75, 3.05) is 5.32 Å². The van der Waals surface area contributed by atoms with Crippen LogP contribution in [-0.4, -0.2) is 18.0 Å². The van der Waals surface area contributed by atoms with Crippen molar-refractivity contribution >= 4 is 57.7 Å². The number of amides is 2. The molecule has 0 aliphatic heterocycles. The van der Waals surface area contributed by atoms with Gasteiger partial charge >= 0.3 is 11.8 Å². The number of anilines is 1. The van der Waals surface area contributed by atoms with Crippen molar-refractivity contribution in [1.29, 1.82) is 0 Å². The summed E-state index contributed by atoms with van der Waals surface area (Å²) in [5.41, 5.74) is 3.34. The molecule has 2 amide bonds. The van der Waals surface area contributed by atoms with Crippen LogP contribution < -0.4 is 10.7 Å². The maximum atomic E-state index is 11.9. The molecule has 3 rings (SSSR count). The molecule has 0 fully saturated rings. The number of benzene rings is 3. The highest BCUT2D eigenvalue weighted by Gasteiger charge is 2.13. The molecule has 0 unspecified atom stereocenters. The first-order valence-electron chi connectivity index (χ1n) is 7.61. The summed E-state index contributed by atoms with van der Waals surface area (Å²) in [5, 5.41) is 9.00. The molecule has 0 radical (unpaired) electrons. The summed E-state index contributed by atoms with van der Waals surface area (Å²) in [6.45, 7) is 0. The summed E-state index contributed by atoms with van der Waals surface area (Å²) in [7, 11) is 0. The molecule has 0 aliphatic rings. The lowest BCUT2D eigenvalue weighted by atomic mass is 10.1. The summed E-state index contributed by atoms with van der Waals surface area (Å²) in [6, 6.07) is 18.0. The van der Waals surface area contributed by atoms with Crippen molar-refractivity contribution < 1.29 is 9.59 Å². The molecule has 3 aromatic carbocycles. The van der Waals surface area contributed by atoms with E-state index in [4.69, 9.17) is 23.2 Å². The van der Waals surface area contributed by atoms with E-state index in [0.29, 0.717) is 15.7 Å². The van der Waals surface area contributed by atoms with Gasteiger partial charge in [-0.15, -0.1) is 0 Å². The fourth-order valence-corrected chi connectivity index (χ4v) is 2.91. The monoisotopic (exact) mass is 385 g/mol. The Labute approximate surface area is 159 Å². The summed E-state index contributed by atoms with van der Waals surface area (Å²) < 4.78 is 0. The standard InChI is InChI=1S/C19H13Cl2N3O2/c20-14-8-15(21)10-16(9-14)23-18(25)19(26)24-22-11-13-6-3-5-12-4-1-2-7-17(12)13/h1-11H,(H,23,25)(H,24,26)/b22-11-. The largest absolute Gasteiger partial charge is 0.329 e. The zero-order chi connectivity index (χ0) is 18.5. The molecule has 26 heavy (non-hydrogen) atoms. The van der Waals surface area contributed by atoms with Crippen molar-refractivity contribution in [3.8, 4) is 0 Å². The molecular formula is C19H13Cl2N3O2. The predicted molar refractivity (Wildman–Crippen MR) is 105 cm³/mol. The van der Waals surface area contributed by atoms with Crippen molar-refractivity contribution in [3.63, 3.8) is 0 Å². The lowest BCUT2D eigenvalue weighted by Crippen LogP contribution is -2.32. The Morgan fingerprint density at radius 2 is 1.58 bits per heavy atom. The van der Waals surface area contributed by atoms with E-state index in [-0.39, 0.29) is 0 Å². The van der Waals surface area contributed by atoms with Gasteiger partial charge in [0.05, 0.1) is 6.21 Å². The van der Waals surface area contributed by atoms with Crippen LogP contribution in [0.3, 0.4) is 0 Å². The first kappa shape index (κ1) is 17.9. The third kappa shape index (κ3) is 4.39. The Morgan fingerprint density at radius 1 is 0.885 bits per heavy atom. The van der Waals surface area contributed by atoms with Crippen LogP contribution in [0.15, 0.2) is 65.8 Å². The van der Waals surface area contributed by atoms with Crippen molar-refractivity contribution in [2.24, 2.45) is 5.10 Å². The lowest BCUT2D eigenvalue weighted by Gasteiger charge is -2.05. The molecule has 0 atom stereocenters. The Bertz CT molecular complexity index is 993. The number of hydrazone groups is 1. The summed E-state index contributed by atoms with van der Waals surface area (Å²) in [4.78, 5) is 23.8. The molecule has 0 aromatic heterocycles. The van der Waals surface area contributed by atoms with Crippen LogP contribution in [0.5, 0.6) is 0 Å². The number of halogens is 2. The van der Waals surface area contributed by atoms with Crippen LogP contribution in [0.4, 0.5) is 5.69 Å². The van der Waals surface area contributed by atoms with E-state index in [9.17, 15) is 9.59 Å². The maximum absolute atomic E-state index is 11.9. The molecule has 130 valence electrons. The van der Waals surface area contributed by atoms with Gasteiger partial charge < -0.3 is 5.32 Å². The number of nitrogens with zero attached hydrogens (tertiary/aromatic N) is 1. The molecule has 0 bridgehead atoms. The van der Waals surface area contributed by atoms with E-state index in [1.807, 2.05) is 42.5 Å². The van der Waals surface area contributed by atoms with Gasteiger partial charge in [0.15, 0.2) is 0 Å². The summed E-state index contributed by atoms with van der Waals surface area (Å²) in [6.07, 6.45) is 1.49. The molecule has 0 spiro atoms. The minimum absolute atomic E-state index is 0.320. The van der Waals surface area contributed by atoms with Gasteiger partial charge in [-0.25, -0.2) is 5.43 Å². The number of hydrogen-bond donors (Lipinski definition) is 2. The summed E-state index contributed by atoms with van der Waals surface area (Å²) >= 11 is 11.7. The Hall–Kier alpha value is -2.89. The van der Waals surface area contributed by atoms with Gasteiger partial charge in [-0.05, 0) is 29.0 Å². The topological polar surface area (TPSA) is 70.6 Å². The second-order valence-corrected chi connectivity index (χ2v) is 6.25. The van der Waals surface area contributed by atoms with Crippen LogP contribution in [0, 0.1) is 0 Å². The Kier molecular flexibility index (Phi) is 5.51. The number of carbonyl (C=O) groups is 2. The highest BCUT2D eigenvalue weighted by atomic mass is 35.5. The van der Waals surface area contributed by atoms with Crippen LogP contribution in [0.2, 0.25) is 10.0 Å². The van der Waals surface area contributed by atoms with E-state index in [0.717, 1.165) is 16.3 Å². The third-order valence-electron chi connectivity index (χ3n) is 3.52. The molecule has 5 nitrogen and oxygen atoms in total. The van der Waals surface area contributed by atoms with Gasteiger partial charge in [0, 0.05) is 21.3 Å². The van der Waals surface area contributed by atoms with E-state index in [2.05, 4.69) is 15.8 Å². The van der Waals surface area contributed by atoms with Gasteiger partial charge in [0.1, 0.15) is 0 Å². The van der Waals surface area contributed by atoms with Gasteiger partial charge in [-0.2, -0.15) is 5.10 Å². The minimum Gasteiger partial charge on any atom is -0.318 e. The van der Waals surface area contributed by atoms with Crippen molar-refractivity contribution in [2.45, 2.75) is 0 Å². The van der Waals surface area contributed by atoms with Gasteiger partial charge in [-0.1, -0.05) is 65.7 Å². The predicted octanol–water partition coefficient (Wildman–Crippen LogP) is 4.24. The van der Waals surface area contributed by atoms with Crippen molar-refractivity contribution in [3.05, 3.63) is 76.3 Å². The average molecular weight is 386 g/mol. The summed E-state index contributed by atoms with van der Waals surface area (Å²) in [5.74, 6) is -1.78. The number of hydrogen-bond acceptors (Lipinski definition) is 3. The minimum atomic E-state index is -0.905. The highest BCUT2D eigenvalue weighted by Crippen LogP contribution is 2.22. The van der Waals surface area contributed by atoms with Crippen LogP contribution in [-0.2, 0) is 9.59 Å². The average Bonchev–Trinajstić information content (AvgIpc) is 2.61. The smallest absolute Gasteiger partial charge is 0.318 e. The second kappa shape index (κ2) is 7.99. The Morgan fingerprint density at radius 3 is 2.35 bits per heavy atom. The quantitative estimate of drug-likeness (QED) is 0.402. The van der Waals surface area contributed by atoms with Crippen LogP contribution in [0.25, 0.3) is 10.8 Å². The van der Waals surface area contributed by atoms with Gasteiger partial charge in [0.2, 0.25) is 0 Å². The first-order valence-corrected chi connectivity index (χ1v) is 8.37. The molecule has 2 N–H and O–H groups in total. The van der Waals surface area contributed by atoms with E-state index < -0.39 is 11.8 Å². The number of rotatable bonds is 3. The highest BCUT2D eigenvalue weighted by molar-refractivity contribution is 6.40. The second-order valence-electron chi connectivity index (χ2n) is 5.38. The fraction of sp³-hybridized carbons (Fsp3) is 0. The number of carbonyl (C=O) groups excluding carboxylic acids is 2. The normalized spacial score (nSPS) is 10.8. The SMILES string of the molecule is O=C(N/N=C\c1cccc2ccccc12)C(=O)Nc1cc(Cl)cc(Cl)c1. The lowest BCUT2D eigenvalue weighted by molar-refractivity contribution is -0.136. The molecule has 3 aromatic rings.